The summed E-state index contributed by atoms with van der Waals surface area (Å²) >= 11 is 0. The third-order valence-corrected chi connectivity index (χ3v) is 4.47. The Morgan fingerprint density at radius 2 is 1.89 bits per heavy atom. The van der Waals surface area contributed by atoms with Gasteiger partial charge in [0.05, 0.1) is 18.4 Å². The summed E-state index contributed by atoms with van der Waals surface area (Å²) in [5, 5.41) is 14.0. The van der Waals surface area contributed by atoms with E-state index >= 15 is 0 Å². The van der Waals surface area contributed by atoms with Crippen molar-refractivity contribution in [2.75, 3.05) is 12.4 Å². The van der Waals surface area contributed by atoms with Crippen LogP contribution in [0.25, 0.3) is 0 Å². The number of nitrogens with zero attached hydrogens (tertiary/aromatic N) is 4. The lowest BCUT2D eigenvalue weighted by atomic mass is 10.1. The van der Waals surface area contributed by atoms with Crippen LogP contribution in [-0.2, 0) is 13.1 Å². The zero-order valence-corrected chi connectivity index (χ0v) is 16.5. The highest BCUT2D eigenvalue weighted by Gasteiger charge is 2.19. The smallest absolute Gasteiger partial charge is 0.256 e. The van der Waals surface area contributed by atoms with E-state index in [1.807, 2.05) is 49.7 Å². The molecular weight excluding hydrogens is 356 g/mol. The van der Waals surface area contributed by atoms with Crippen LogP contribution in [0.2, 0.25) is 0 Å². The summed E-state index contributed by atoms with van der Waals surface area (Å²) in [4.78, 5) is 24.9. The number of aromatic nitrogens is 4. The number of carbonyl (C=O) groups is 2. The van der Waals surface area contributed by atoms with Crippen LogP contribution >= 0.6 is 0 Å². The van der Waals surface area contributed by atoms with E-state index in [9.17, 15) is 9.59 Å². The molecule has 0 aliphatic heterocycles. The molecule has 0 aliphatic rings. The molecule has 3 aromatic rings. The highest BCUT2D eigenvalue weighted by molar-refractivity contribution is 6.08. The van der Waals surface area contributed by atoms with Crippen molar-refractivity contribution < 1.29 is 9.59 Å². The summed E-state index contributed by atoms with van der Waals surface area (Å²) in [5.41, 5.74) is 3.83. The third-order valence-electron chi connectivity index (χ3n) is 4.47. The number of anilines is 1. The molecule has 2 heterocycles. The minimum absolute atomic E-state index is 0.296. The van der Waals surface area contributed by atoms with Crippen molar-refractivity contribution in [3.05, 3.63) is 64.6 Å². The fraction of sp³-hybridized carbons (Fsp3) is 0.300. The lowest BCUT2D eigenvalue weighted by Crippen LogP contribution is -2.22. The van der Waals surface area contributed by atoms with Gasteiger partial charge in [-0.1, -0.05) is 12.1 Å². The summed E-state index contributed by atoms with van der Waals surface area (Å²) in [7, 11) is 1.54. The summed E-state index contributed by atoms with van der Waals surface area (Å²) in [6.07, 6.45) is 1.46. The fourth-order valence-electron chi connectivity index (χ4n) is 3.06. The quantitative estimate of drug-likeness (QED) is 0.686. The van der Waals surface area contributed by atoms with E-state index in [0.29, 0.717) is 30.0 Å². The van der Waals surface area contributed by atoms with Crippen LogP contribution in [-0.4, -0.2) is 38.4 Å². The molecule has 0 aliphatic carbocycles. The molecule has 28 heavy (non-hydrogen) atoms. The number of carbonyl (C=O) groups excluding carboxylic acids is 2. The van der Waals surface area contributed by atoms with Gasteiger partial charge < -0.3 is 10.6 Å². The Balaban J connectivity index is 1.83. The summed E-state index contributed by atoms with van der Waals surface area (Å²) in [5.74, 6) is -0.209. The molecule has 0 unspecified atom stereocenters. The Labute approximate surface area is 163 Å². The van der Waals surface area contributed by atoms with Gasteiger partial charge in [-0.2, -0.15) is 10.2 Å². The van der Waals surface area contributed by atoms with Crippen molar-refractivity contribution in [3.8, 4) is 0 Å². The average molecular weight is 380 g/mol. The SMILES string of the molecule is CCn1ncc(C(=O)NC)c1NC(=O)c1cccc(Cn2nc(C)cc2C)c1. The van der Waals surface area contributed by atoms with Crippen LogP contribution in [0.3, 0.4) is 0 Å². The molecule has 146 valence electrons. The van der Waals surface area contributed by atoms with Gasteiger partial charge in [-0.3, -0.25) is 14.3 Å². The Bertz CT molecular complexity index is 1020. The average Bonchev–Trinajstić information content (AvgIpc) is 3.23. The molecule has 2 N–H and O–H groups in total. The third kappa shape index (κ3) is 3.95. The minimum Gasteiger partial charge on any atom is -0.355 e. The normalized spacial score (nSPS) is 10.7. The predicted molar refractivity (Wildman–Crippen MR) is 106 cm³/mol. The van der Waals surface area contributed by atoms with E-state index in [1.165, 1.54) is 6.20 Å². The van der Waals surface area contributed by atoms with Gasteiger partial charge in [-0.25, -0.2) is 4.68 Å². The first-order valence-electron chi connectivity index (χ1n) is 9.12. The molecule has 3 rings (SSSR count). The number of hydrogen-bond donors (Lipinski definition) is 2. The summed E-state index contributed by atoms with van der Waals surface area (Å²) in [6, 6.07) is 9.39. The van der Waals surface area contributed by atoms with Crippen LogP contribution in [0.1, 0.15) is 44.6 Å². The molecule has 0 atom stereocenters. The molecular formula is C20H24N6O2. The van der Waals surface area contributed by atoms with Gasteiger partial charge in [0.2, 0.25) is 0 Å². The summed E-state index contributed by atoms with van der Waals surface area (Å²) in [6.45, 7) is 6.96. The Kier molecular flexibility index (Phi) is 5.58. The number of amides is 2. The van der Waals surface area contributed by atoms with Crippen molar-refractivity contribution in [1.82, 2.24) is 24.9 Å². The highest BCUT2D eigenvalue weighted by Crippen LogP contribution is 2.17. The first kappa shape index (κ1) is 19.3. The van der Waals surface area contributed by atoms with Crippen molar-refractivity contribution >= 4 is 17.6 Å². The van der Waals surface area contributed by atoms with Gasteiger partial charge in [0.25, 0.3) is 11.8 Å². The van der Waals surface area contributed by atoms with Gasteiger partial charge in [0, 0.05) is 24.8 Å². The molecule has 0 fully saturated rings. The van der Waals surface area contributed by atoms with Crippen molar-refractivity contribution in [2.45, 2.75) is 33.9 Å². The topological polar surface area (TPSA) is 93.8 Å². The zero-order chi connectivity index (χ0) is 20.3. The lowest BCUT2D eigenvalue weighted by Gasteiger charge is -2.11. The second kappa shape index (κ2) is 8.08. The van der Waals surface area contributed by atoms with Crippen molar-refractivity contribution in [1.29, 1.82) is 0 Å². The maximum atomic E-state index is 12.8. The Morgan fingerprint density at radius 1 is 1.11 bits per heavy atom. The number of rotatable bonds is 6. The van der Waals surface area contributed by atoms with Crippen LogP contribution in [0, 0.1) is 13.8 Å². The van der Waals surface area contributed by atoms with Crippen LogP contribution in [0.4, 0.5) is 5.82 Å². The zero-order valence-electron chi connectivity index (χ0n) is 16.5. The molecule has 0 bridgehead atoms. The van der Waals surface area contributed by atoms with Gasteiger partial charge in [0.15, 0.2) is 0 Å². The molecule has 2 aromatic heterocycles. The number of aryl methyl sites for hydroxylation is 3. The number of hydrogen-bond acceptors (Lipinski definition) is 4. The molecule has 0 radical (unpaired) electrons. The largest absolute Gasteiger partial charge is 0.355 e. The number of benzene rings is 1. The van der Waals surface area contributed by atoms with E-state index in [-0.39, 0.29) is 11.8 Å². The predicted octanol–water partition coefficient (Wildman–Crippen LogP) is 2.38. The van der Waals surface area contributed by atoms with Crippen LogP contribution in [0.5, 0.6) is 0 Å². The van der Waals surface area contributed by atoms with Crippen molar-refractivity contribution in [2.24, 2.45) is 0 Å². The molecule has 1 aromatic carbocycles. The van der Waals surface area contributed by atoms with E-state index in [0.717, 1.165) is 17.0 Å². The van der Waals surface area contributed by atoms with Gasteiger partial charge >= 0.3 is 0 Å². The lowest BCUT2D eigenvalue weighted by molar-refractivity contribution is 0.0964. The maximum absolute atomic E-state index is 12.8. The molecule has 8 heteroatoms. The highest BCUT2D eigenvalue weighted by atomic mass is 16.2. The molecule has 8 nitrogen and oxygen atoms in total. The Hall–Kier alpha value is -3.42. The first-order chi connectivity index (χ1) is 13.4. The van der Waals surface area contributed by atoms with Crippen molar-refractivity contribution in [3.63, 3.8) is 0 Å². The van der Waals surface area contributed by atoms with Crippen LogP contribution < -0.4 is 10.6 Å². The standard InChI is InChI=1S/C20H24N6O2/c1-5-25-18(17(11-22-25)20(28)21-4)23-19(27)16-8-6-7-15(10-16)12-26-14(3)9-13(2)24-26/h6-11H,5,12H2,1-4H3,(H,21,28)(H,23,27). The molecule has 0 saturated heterocycles. The van der Waals surface area contributed by atoms with Gasteiger partial charge in [0.1, 0.15) is 11.4 Å². The Morgan fingerprint density at radius 3 is 2.54 bits per heavy atom. The minimum atomic E-state index is -0.298. The van der Waals surface area contributed by atoms with E-state index < -0.39 is 0 Å². The second-order valence-corrected chi connectivity index (χ2v) is 6.54. The molecule has 0 saturated carbocycles. The van der Waals surface area contributed by atoms with Crippen LogP contribution in [0.15, 0.2) is 36.5 Å². The number of nitrogens with one attached hydrogen (secondary N) is 2. The maximum Gasteiger partial charge on any atom is 0.256 e. The molecule has 0 spiro atoms. The van der Waals surface area contributed by atoms with E-state index in [2.05, 4.69) is 20.8 Å². The molecule has 2 amide bonds. The summed E-state index contributed by atoms with van der Waals surface area (Å²) < 4.78 is 3.49. The van der Waals surface area contributed by atoms with E-state index in [1.54, 1.807) is 17.8 Å². The fourth-order valence-corrected chi connectivity index (χ4v) is 3.06. The van der Waals surface area contributed by atoms with E-state index in [4.69, 9.17) is 0 Å². The second-order valence-electron chi connectivity index (χ2n) is 6.54. The van der Waals surface area contributed by atoms with Gasteiger partial charge in [-0.15, -0.1) is 0 Å². The van der Waals surface area contributed by atoms with Gasteiger partial charge in [-0.05, 0) is 44.5 Å². The monoisotopic (exact) mass is 380 g/mol. The first-order valence-corrected chi connectivity index (χ1v) is 9.12.